The van der Waals surface area contributed by atoms with Crippen LogP contribution in [0, 0.1) is 0 Å². The van der Waals surface area contributed by atoms with E-state index in [1.165, 1.54) is 6.08 Å². The van der Waals surface area contributed by atoms with Crippen LogP contribution in [0.3, 0.4) is 0 Å². The van der Waals surface area contributed by atoms with Gasteiger partial charge in [-0.05, 0) is 48.6 Å². The lowest BCUT2D eigenvalue weighted by atomic mass is 10.1. The molecule has 0 saturated carbocycles. The third kappa shape index (κ3) is 2.70. The van der Waals surface area contributed by atoms with Gasteiger partial charge in [0.15, 0.2) is 5.78 Å². The van der Waals surface area contributed by atoms with Crippen molar-refractivity contribution in [3.8, 4) is 0 Å². The molecule has 1 heterocycles. The highest BCUT2D eigenvalue weighted by Gasteiger charge is 2.02. The minimum atomic E-state index is -0.0436. The number of nitrogens with zero attached hydrogens (tertiary/aromatic N) is 1. The van der Waals surface area contributed by atoms with Gasteiger partial charge < -0.3 is 4.98 Å². The molecule has 0 unspecified atom stereocenters. The first-order valence-electron chi connectivity index (χ1n) is 6.15. The van der Waals surface area contributed by atoms with Crippen LogP contribution >= 0.6 is 15.9 Å². The molecule has 4 heteroatoms. The maximum absolute atomic E-state index is 12.0. The minimum Gasteiger partial charge on any atom is -0.338 e. The van der Waals surface area contributed by atoms with Crippen molar-refractivity contribution in [3.05, 3.63) is 70.5 Å². The van der Waals surface area contributed by atoms with Crippen LogP contribution in [0.2, 0.25) is 0 Å². The van der Waals surface area contributed by atoms with Crippen molar-refractivity contribution < 1.29 is 4.79 Å². The molecule has 0 atom stereocenters. The third-order valence-corrected chi connectivity index (χ3v) is 3.46. The smallest absolute Gasteiger partial charge is 0.185 e. The Morgan fingerprint density at radius 2 is 1.85 bits per heavy atom. The van der Waals surface area contributed by atoms with Crippen LogP contribution in [-0.2, 0) is 0 Å². The van der Waals surface area contributed by atoms with E-state index in [9.17, 15) is 4.79 Å². The molecular formula is C16H11BrN2O. The summed E-state index contributed by atoms with van der Waals surface area (Å²) in [5, 5.41) is 0. The van der Waals surface area contributed by atoms with Gasteiger partial charge in [-0.3, -0.25) is 4.79 Å². The van der Waals surface area contributed by atoms with Crippen molar-refractivity contribution in [1.82, 2.24) is 9.97 Å². The summed E-state index contributed by atoms with van der Waals surface area (Å²) in [6.45, 7) is 0. The number of halogens is 1. The number of ketones is 1. The SMILES string of the molecule is O=C(C=Cc1nc2ccccc2[nH]1)c1ccc(Br)cc1. The van der Waals surface area contributed by atoms with E-state index in [4.69, 9.17) is 0 Å². The second-order valence-corrected chi connectivity index (χ2v) is 5.26. The number of fused-ring (bicyclic) bond motifs is 1. The Labute approximate surface area is 124 Å². The number of imidazole rings is 1. The number of allylic oxidation sites excluding steroid dienone is 1. The quantitative estimate of drug-likeness (QED) is 0.578. The molecule has 3 aromatic rings. The maximum Gasteiger partial charge on any atom is 0.185 e. The fourth-order valence-electron chi connectivity index (χ4n) is 1.92. The van der Waals surface area contributed by atoms with Gasteiger partial charge in [-0.15, -0.1) is 0 Å². The summed E-state index contributed by atoms with van der Waals surface area (Å²) in [4.78, 5) is 19.5. The number of H-pyrrole nitrogens is 1. The van der Waals surface area contributed by atoms with Gasteiger partial charge in [-0.2, -0.15) is 0 Å². The Bertz CT molecular complexity index is 755. The number of aromatic nitrogens is 2. The average Bonchev–Trinajstić information content (AvgIpc) is 2.88. The van der Waals surface area contributed by atoms with Gasteiger partial charge in [0.2, 0.25) is 0 Å². The molecule has 0 aliphatic carbocycles. The summed E-state index contributed by atoms with van der Waals surface area (Å²) in [6.07, 6.45) is 3.23. The molecule has 0 aliphatic heterocycles. The van der Waals surface area contributed by atoms with Gasteiger partial charge in [-0.1, -0.05) is 28.1 Å². The Balaban J connectivity index is 1.82. The number of hydrogen-bond donors (Lipinski definition) is 1. The van der Waals surface area contributed by atoms with E-state index in [-0.39, 0.29) is 5.78 Å². The molecule has 0 aliphatic rings. The second kappa shape index (κ2) is 5.43. The number of aromatic amines is 1. The predicted molar refractivity (Wildman–Crippen MR) is 83.6 cm³/mol. The first-order chi connectivity index (χ1) is 9.72. The maximum atomic E-state index is 12.0. The van der Waals surface area contributed by atoms with Crippen molar-refractivity contribution in [2.75, 3.05) is 0 Å². The highest BCUT2D eigenvalue weighted by Crippen LogP contribution is 2.13. The van der Waals surface area contributed by atoms with Crippen LogP contribution in [0.1, 0.15) is 16.2 Å². The molecule has 98 valence electrons. The second-order valence-electron chi connectivity index (χ2n) is 4.34. The molecular weight excluding hydrogens is 316 g/mol. The topological polar surface area (TPSA) is 45.8 Å². The summed E-state index contributed by atoms with van der Waals surface area (Å²) in [5.74, 6) is 0.634. The monoisotopic (exact) mass is 326 g/mol. The first kappa shape index (κ1) is 12.8. The zero-order valence-corrected chi connectivity index (χ0v) is 12.1. The van der Waals surface area contributed by atoms with Crippen molar-refractivity contribution in [2.45, 2.75) is 0 Å². The molecule has 1 N–H and O–H groups in total. The molecule has 3 rings (SSSR count). The van der Waals surface area contributed by atoms with Crippen LogP contribution < -0.4 is 0 Å². The van der Waals surface area contributed by atoms with Crippen molar-refractivity contribution in [2.24, 2.45) is 0 Å². The summed E-state index contributed by atoms with van der Waals surface area (Å²) in [6, 6.07) is 15.0. The summed E-state index contributed by atoms with van der Waals surface area (Å²) < 4.78 is 0.954. The van der Waals surface area contributed by atoms with Crippen molar-refractivity contribution in [1.29, 1.82) is 0 Å². The zero-order valence-electron chi connectivity index (χ0n) is 10.5. The van der Waals surface area contributed by atoms with Gasteiger partial charge in [0.1, 0.15) is 5.82 Å². The van der Waals surface area contributed by atoms with Gasteiger partial charge in [-0.25, -0.2) is 4.98 Å². The van der Waals surface area contributed by atoms with Crippen LogP contribution in [0.4, 0.5) is 0 Å². The zero-order chi connectivity index (χ0) is 13.9. The standard InChI is InChI=1S/C16H11BrN2O/c17-12-7-5-11(6-8-12)15(20)9-10-16-18-13-3-1-2-4-14(13)19-16/h1-10H,(H,18,19). The number of carbonyl (C=O) groups is 1. The average molecular weight is 327 g/mol. The molecule has 0 spiro atoms. The van der Waals surface area contributed by atoms with Crippen LogP contribution in [0.15, 0.2) is 59.1 Å². The molecule has 0 bridgehead atoms. The molecule has 20 heavy (non-hydrogen) atoms. The van der Waals surface area contributed by atoms with Crippen LogP contribution in [0.5, 0.6) is 0 Å². The van der Waals surface area contributed by atoms with Gasteiger partial charge in [0, 0.05) is 10.0 Å². The Morgan fingerprint density at radius 1 is 1.10 bits per heavy atom. The molecule has 0 fully saturated rings. The molecule has 0 radical (unpaired) electrons. The highest BCUT2D eigenvalue weighted by atomic mass is 79.9. The lowest BCUT2D eigenvalue weighted by Gasteiger charge is -1.95. The van der Waals surface area contributed by atoms with E-state index in [2.05, 4.69) is 25.9 Å². The Morgan fingerprint density at radius 3 is 2.60 bits per heavy atom. The molecule has 1 aromatic heterocycles. The summed E-state index contributed by atoms with van der Waals surface area (Å²) in [5.41, 5.74) is 2.51. The van der Waals surface area contributed by atoms with Crippen molar-refractivity contribution >= 4 is 38.8 Å². The van der Waals surface area contributed by atoms with E-state index in [1.54, 1.807) is 18.2 Å². The van der Waals surface area contributed by atoms with Crippen molar-refractivity contribution in [3.63, 3.8) is 0 Å². The lowest BCUT2D eigenvalue weighted by molar-refractivity contribution is 0.104. The van der Waals surface area contributed by atoms with Gasteiger partial charge in [0.05, 0.1) is 11.0 Å². The number of para-hydroxylation sites is 2. The predicted octanol–water partition coefficient (Wildman–Crippen LogP) is 4.22. The fourth-order valence-corrected chi connectivity index (χ4v) is 2.18. The van der Waals surface area contributed by atoms with Crippen LogP contribution in [0.25, 0.3) is 17.1 Å². The van der Waals surface area contributed by atoms with E-state index in [0.717, 1.165) is 15.5 Å². The molecule has 0 saturated heterocycles. The number of rotatable bonds is 3. The number of benzene rings is 2. The van der Waals surface area contributed by atoms with Gasteiger partial charge in [0.25, 0.3) is 0 Å². The summed E-state index contributed by atoms with van der Waals surface area (Å²) >= 11 is 3.35. The van der Waals surface area contributed by atoms with E-state index in [1.807, 2.05) is 36.4 Å². The number of hydrogen-bond acceptors (Lipinski definition) is 2. The fraction of sp³-hybridized carbons (Fsp3) is 0. The van der Waals surface area contributed by atoms with E-state index in [0.29, 0.717) is 11.4 Å². The largest absolute Gasteiger partial charge is 0.338 e. The van der Waals surface area contributed by atoms with Gasteiger partial charge >= 0.3 is 0 Å². The Hall–Kier alpha value is -2.20. The highest BCUT2D eigenvalue weighted by molar-refractivity contribution is 9.10. The lowest BCUT2D eigenvalue weighted by Crippen LogP contribution is -1.93. The van der Waals surface area contributed by atoms with Crippen LogP contribution in [-0.4, -0.2) is 15.8 Å². The number of nitrogens with one attached hydrogen (secondary N) is 1. The Kier molecular flexibility index (Phi) is 3.48. The molecule has 3 nitrogen and oxygen atoms in total. The molecule has 0 amide bonds. The first-order valence-corrected chi connectivity index (χ1v) is 6.94. The molecule has 2 aromatic carbocycles. The van der Waals surface area contributed by atoms with E-state index < -0.39 is 0 Å². The minimum absolute atomic E-state index is 0.0436. The third-order valence-electron chi connectivity index (χ3n) is 2.93. The number of carbonyl (C=O) groups excluding carboxylic acids is 1. The summed E-state index contributed by atoms with van der Waals surface area (Å²) in [7, 11) is 0. The normalized spacial score (nSPS) is 11.2. The van der Waals surface area contributed by atoms with E-state index >= 15 is 0 Å².